The van der Waals surface area contributed by atoms with Gasteiger partial charge in [0, 0.05) is 10.1 Å². The van der Waals surface area contributed by atoms with Gasteiger partial charge in [0.1, 0.15) is 0 Å². The Kier molecular flexibility index (Phi) is 3.77. The molecule has 0 aliphatic carbocycles. The smallest absolute Gasteiger partial charge is 0.0561 e. The number of likely N-dealkylation sites (tertiary alicyclic amines) is 1. The van der Waals surface area contributed by atoms with Gasteiger partial charge in [0.25, 0.3) is 0 Å². The summed E-state index contributed by atoms with van der Waals surface area (Å²) in [4.78, 5) is 3.30. The third-order valence-corrected chi connectivity index (χ3v) is 4.99. The maximum atomic E-state index is 12.4. The largest absolute Gasteiger partial charge is 0.306 e. The molecule has 1 heterocycles. The van der Waals surface area contributed by atoms with Crippen LogP contribution in [0.3, 0.4) is 0 Å². The van der Waals surface area contributed by atoms with Gasteiger partial charge in [-0.1, -0.05) is 12.1 Å². The van der Waals surface area contributed by atoms with Crippen molar-refractivity contribution in [1.29, 1.82) is 0 Å². The van der Waals surface area contributed by atoms with Crippen molar-refractivity contribution in [3.63, 3.8) is 0 Å². The van der Waals surface area contributed by atoms with Gasteiger partial charge in [-0.2, -0.15) is 0 Å². The van der Waals surface area contributed by atoms with E-state index in [1.54, 1.807) is 0 Å². The van der Waals surface area contributed by atoms with Crippen LogP contribution in [0, 0.1) is 6.92 Å². The summed E-state index contributed by atoms with van der Waals surface area (Å²) in [5.41, 5.74) is 1.19. The lowest BCUT2D eigenvalue weighted by molar-refractivity contribution is 0.280. The molecule has 2 rings (SSSR count). The summed E-state index contributed by atoms with van der Waals surface area (Å²) >= 11 is 0. The molecule has 88 valence electrons. The molecule has 0 N–H and O–H groups in total. The summed E-state index contributed by atoms with van der Waals surface area (Å²) in [6.07, 6.45) is 2.11. The minimum atomic E-state index is -0.822. The molecule has 16 heavy (non-hydrogen) atoms. The number of hydrogen-bond acceptors (Lipinski definition) is 2. The first kappa shape index (κ1) is 11.8. The van der Waals surface area contributed by atoms with E-state index in [2.05, 4.69) is 31.0 Å². The van der Waals surface area contributed by atoms with Gasteiger partial charge in [-0.25, -0.2) is 0 Å². The highest BCUT2D eigenvalue weighted by Crippen LogP contribution is 2.21. The molecular weight excluding hydrogens is 218 g/mol. The minimum absolute atomic E-state index is 0.345. The molecule has 1 aromatic carbocycles. The second-order valence-electron chi connectivity index (χ2n) is 4.62. The summed E-state index contributed by atoms with van der Waals surface area (Å²) in [7, 11) is 1.31. The van der Waals surface area contributed by atoms with Crippen LogP contribution in [0.15, 0.2) is 29.2 Å². The maximum Gasteiger partial charge on any atom is 0.0561 e. The fraction of sp³-hybridized carbons (Fsp3) is 0.538. The van der Waals surface area contributed by atoms with E-state index in [1.165, 1.54) is 5.56 Å². The van der Waals surface area contributed by atoms with Crippen molar-refractivity contribution in [3.05, 3.63) is 29.8 Å². The molecule has 1 aliphatic rings. The zero-order chi connectivity index (χ0) is 11.5. The van der Waals surface area contributed by atoms with Gasteiger partial charge in [-0.15, -0.1) is 0 Å². The molecule has 3 heteroatoms. The van der Waals surface area contributed by atoms with Crippen LogP contribution in [-0.4, -0.2) is 34.5 Å². The van der Waals surface area contributed by atoms with Crippen LogP contribution < -0.4 is 0 Å². The topological polar surface area (TPSA) is 20.3 Å². The van der Waals surface area contributed by atoms with E-state index >= 15 is 0 Å². The zero-order valence-electron chi connectivity index (χ0n) is 9.98. The molecule has 0 saturated carbocycles. The normalized spacial score (nSPS) is 20.9. The van der Waals surface area contributed by atoms with E-state index in [0.717, 1.165) is 30.8 Å². The van der Waals surface area contributed by atoms with E-state index < -0.39 is 10.8 Å². The van der Waals surface area contributed by atoms with Crippen LogP contribution in [0.5, 0.6) is 0 Å². The lowest BCUT2D eigenvalue weighted by Gasteiger charge is -2.28. The summed E-state index contributed by atoms with van der Waals surface area (Å²) < 4.78 is 12.4. The molecular formula is C13H19NOS. The summed E-state index contributed by atoms with van der Waals surface area (Å²) in [6, 6.07) is 8.09. The van der Waals surface area contributed by atoms with Crippen molar-refractivity contribution < 1.29 is 4.21 Å². The lowest BCUT2D eigenvalue weighted by atomic mass is 10.1. The van der Waals surface area contributed by atoms with E-state index in [9.17, 15) is 4.21 Å². The van der Waals surface area contributed by atoms with Crippen LogP contribution in [0.2, 0.25) is 0 Å². The fourth-order valence-electron chi connectivity index (χ4n) is 2.13. The number of benzene rings is 1. The Hall–Kier alpha value is -0.670. The van der Waals surface area contributed by atoms with Crippen LogP contribution in [0.1, 0.15) is 18.4 Å². The Labute approximate surface area is 100 Å². The van der Waals surface area contributed by atoms with Crippen LogP contribution >= 0.6 is 0 Å². The highest BCUT2D eigenvalue weighted by Gasteiger charge is 2.23. The van der Waals surface area contributed by atoms with Gasteiger partial charge in [-0.3, -0.25) is 4.21 Å². The molecule has 0 aromatic heterocycles. The number of rotatable bonds is 2. The van der Waals surface area contributed by atoms with Crippen molar-refractivity contribution in [2.45, 2.75) is 29.9 Å². The highest BCUT2D eigenvalue weighted by molar-refractivity contribution is 7.85. The molecule has 1 aliphatic heterocycles. The van der Waals surface area contributed by atoms with Crippen molar-refractivity contribution in [2.75, 3.05) is 20.1 Å². The van der Waals surface area contributed by atoms with E-state index in [-0.39, 0.29) is 0 Å². The van der Waals surface area contributed by atoms with Gasteiger partial charge in [-0.05, 0) is 57.6 Å². The molecule has 1 unspecified atom stereocenters. The highest BCUT2D eigenvalue weighted by atomic mass is 32.2. The molecule has 0 spiro atoms. The second kappa shape index (κ2) is 5.11. The standard InChI is InChI=1S/C13H19NOS/c1-11-4-3-5-13(10-11)16(15)12-6-8-14(2)9-7-12/h3-5,10,12H,6-9H2,1-2H3. The van der Waals surface area contributed by atoms with E-state index in [4.69, 9.17) is 0 Å². The molecule has 0 radical (unpaired) electrons. The third-order valence-electron chi connectivity index (χ3n) is 3.19. The van der Waals surface area contributed by atoms with Crippen molar-refractivity contribution in [2.24, 2.45) is 0 Å². The van der Waals surface area contributed by atoms with Crippen LogP contribution in [0.25, 0.3) is 0 Å². The van der Waals surface area contributed by atoms with Gasteiger partial charge < -0.3 is 4.90 Å². The maximum absolute atomic E-state index is 12.4. The zero-order valence-corrected chi connectivity index (χ0v) is 10.8. The van der Waals surface area contributed by atoms with Gasteiger partial charge >= 0.3 is 0 Å². The molecule has 1 aromatic rings. The van der Waals surface area contributed by atoms with E-state index in [1.807, 2.05) is 12.1 Å². The molecule has 1 fully saturated rings. The summed E-state index contributed by atoms with van der Waals surface area (Å²) in [5, 5.41) is 0.345. The lowest BCUT2D eigenvalue weighted by Crippen LogP contribution is -2.34. The molecule has 1 atom stereocenters. The first-order valence-electron chi connectivity index (χ1n) is 5.82. The first-order chi connectivity index (χ1) is 7.66. The predicted molar refractivity (Wildman–Crippen MR) is 68.1 cm³/mol. The molecule has 0 amide bonds. The van der Waals surface area contributed by atoms with Gasteiger partial charge in [0.05, 0.1) is 10.8 Å². The van der Waals surface area contributed by atoms with Crippen molar-refractivity contribution in [3.8, 4) is 0 Å². The van der Waals surface area contributed by atoms with Crippen LogP contribution in [0.4, 0.5) is 0 Å². The average Bonchev–Trinajstić information content (AvgIpc) is 2.29. The van der Waals surface area contributed by atoms with Gasteiger partial charge in [0.15, 0.2) is 0 Å². The Morgan fingerprint density at radius 2 is 2.00 bits per heavy atom. The average molecular weight is 237 g/mol. The summed E-state index contributed by atoms with van der Waals surface area (Å²) in [5.74, 6) is 0. The Morgan fingerprint density at radius 3 is 2.62 bits per heavy atom. The number of aryl methyl sites for hydroxylation is 1. The van der Waals surface area contributed by atoms with Crippen LogP contribution in [-0.2, 0) is 10.8 Å². The first-order valence-corrected chi connectivity index (χ1v) is 7.04. The Bertz CT molecular complexity index is 383. The monoisotopic (exact) mass is 237 g/mol. The van der Waals surface area contributed by atoms with Crippen molar-refractivity contribution >= 4 is 10.8 Å². The Morgan fingerprint density at radius 1 is 1.31 bits per heavy atom. The fourth-order valence-corrected chi connectivity index (χ4v) is 3.67. The van der Waals surface area contributed by atoms with Crippen molar-refractivity contribution in [1.82, 2.24) is 4.90 Å². The second-order valence-corrected chi connectivity index (χ2v) is 6.35. The summed E-state index contributed by atoms with van der Waals surface area (Å²) in [6.45, 7) is 4.19. The number of nitrogens with zero attached hydrogens (tertiary/aromatic N) is 1. The SMILES string of the molecule is Cc1cccc(S(=O)C2CCN(C)CC2)c1. The number of hydrogen-bond donors (Lipinski definition) is 0. The quantitative estimate of drug-likeness (QED) is 0.786. The minimum Gasteiger partial charge on any atom is -0.306 e. The Balaban J connectivity index is 2.08. The predicted octanol–water partition coefficient (Wildman–Crippen LogP) is 2.20. The molecule has 1 saturated heterocycles. The van der Waals surface area contributed by atoms with E-state index in [0.29, 0.717) is 5.25 Å². The molecule has 2 nitrogen and oxygen atoms in total. The van der Waals surface area contributed by atoms with Gasteiger partial charge in [0.2, 0.25) is 0 Å². The molecule has 0 bridgehead atoms. The number of piperidine rings is 1. The third kappa shape index (κ3) is 2.71.